The maximum atomic E-state index is 13.2. The number of rotatable bonds is 4. The van der Waals surface area contributed by atoms with Crippen molar-refractivity contribution in [3.05, 3.63) is 35.4 Å². The largest absolute Gasteiger partial charge is 0.401 e. The number of hydrogen-bond acceptors (Lipinski definition) is 2. The van der Waals surface area contributed by atoms with Gasteiger partial charge in [0.1, 0.15) is 11.6 Å². The van der Waals surface area contributed by atoms with E-state index in [2.05, 4.69) is 0 Å². The number of carbonyl (C=O) groups is 1. The lowest BCUT2D eigenvalue weighted by atomic mass is 10.1. The van der Waals surface area contributed by atoms with Gasteiger partial charge in [-0.15, -0.1) is 0 Å². The number of alkyl halides is 3. The Bertz CT molecular complexity index is 423. The fraction of sp³-hybridized carbons (Fsp3) is 0.364. The summed E-state index contributed by atoms with van der Waals surface area (Å²) in [5.74, 6) is -3.20. The summed E-state index contributed by atoms with van der Waals surface area (Å²) >= 11 is 0. The van der Waals surface area contributed by atoms with Crippen molar-refractivity contribution < 1.29 is 26.7 Å². The normalized spacial score (nSPS) is 11.9. The van der Waals surface area contributed by atoms with E-state index < -0.39 is 42.2 Å². The second kappa shape index (κ2) is 5.43. The van der Waals surface area contributed by atoms with Gasteiger partial charge < -0.3 is 0 Å². The number of likely N-dealkylation sites (N-methyl/N-ethyl adjacent to an activating group) is 1. The summed E-state index contributed by atoms with van der Waals surface area (Å²) in [5.41, 5.74) is -0.813. The topological polar surface area (TPSA) is 20.3 Å². The summed E-state index contributed by atoms with van der Waals surface area (Å²) in [5, 5.41) is 0. The van der Waals surface area contributed by atoms with Crippen LogP contribution in [0.5, 0.6) is 0 Å². The molecule has 18 heavy (non-hydrogen) atoms. The van der Waals surface area contributed by atoms with Crippen LogP contribution >= 0.6 is 0 Å². The molecule has 2 nitrogen and oxygen atoms in total. The second-order valence-corrected chi connectivity index (χ2v) is 3.81. The van der Waals surface area contributed by atoms with E-state index in [0.717, 1.165) is 25.2 Å². The lowest BCUT2D eigenvalue weighted by molar-refractivity contribution is -0.141. The molecule has 0 aromatic heterocycles. The van der Waals surface area contributed by atoms with E-state index >= 15 is 0 Å². The van der Waals surface area contributed by atoms with Gasteiger partial charge in [-0.05, 0) is 19.2 Å². The molecule has 1 rings (SSSR count). The molecule has 7 heteroatoms. The number of nitrogens with zero attached hydrogens (tertiary/aromatic N) is 1. The van der Waals surface area contributed by atoms with Crippen molar-refractivity contribution >= 4 is 5.78 Å². The van der Waals surface area contributed by atoms with Gasteiger partial charge in [0.25, 0.3) is 0 Å². The molecule has 0 aliphatic rings. The van der Waals surface area contributed by atoms with Gasteiger partial charge in [-0.25, -0.2) is 8.78 Å². The molecule has 0 saturated heterocycles. The number of ketones is 1. The van der Waals surface area contributed by atoms with Crippen LogP contribution in [-0.4, -0.2) is 37.0 Å². The fourth-order valence-electron chi connectivity index (χ4n) is 1.45. The summed E-state index contributed by atoms with van der Waals surface area (Å²) in [6.07, 6.45) is -4.47. The zero-order chi connectivity index (χ0) is 13.9. The molecule has 0 N–H and O–H groups in total. The van der Waals surface area contributed by atoms with Crippen LogP contribution in [0.3, 0.4) is 0 Å². The first-order valence-corrected chi connectivity index (χ1v) is 4.93. The molecular formula is C11H10F5NO. The molecular weight excluding hydrogens is 257 g/mol. The Hall–Kier alpha value is -1.50. The van der Waals surface area contributed by atoms with Crippen LogP contribution in [0, 0.1) is 11.6 Å². The maximum absolute atomic E-state index is 13.2. The Kier molecular flexibility index (Phi) is 4.39. The average molecular weight is 267 g/mol. The first-order valence-electron chi connectivity index (χ1n) is 4.93. The average Bonchev–Trinajstić information content (AvgIpc) is 2.13. The van der Waals surface area contributed by atoms with Crippen molar-refractivity contribution in [3.63, 3.8) is 0 Å². The third-order valence-corrected chi connectivity index (χ3v) is 2.10. The van der Waals surface area contributed by atoms with Crippen LogP contribution in [0.25, 0.3) is 0 Å². The molecule has 0 aliphatic carbocycles. The molecule has 0 bridgehead atoms. The number of carbonyl (C=O) groups excluding carboxylic acids is 1. The minimum atomic E-state index is -4.47. The Balaban J connectivity index is 2.77. The lowest BCUT2D eigenvalue weighted by Gasteiger charge is -2.17. The van der Waals surface area contributed by atoms with Gasteiger partial charge in [-0.1, -0.05) is 6.07 Å². The predicted octanol–water partition coefficient (Wildman–Crippen LogP) is 2.64. The zero-order valence-electron chi connectivity index (χ0n) is 9.39. The first-order chi connectivity index (χ1) is 8.20. The van der Waals surface area contributed by atoms with Gasteiger partial charge in [0.05, 0.1) is 18.7 Å². The predicted molar refractivity (Wildman–Crippen MR) is 54.2 cm³/mol. The number of hydrogen-bond donors (Lipinski definition) is 0. The van der Waals surface area contributed by atoms with Gasteiger partial charge >= 0.3 is 6.18 Å². The van der Waals surface area contributed by atoms with Gasteiger partial charge in [-0.3, -0.25) is 9.69 Å². The summed E-state index contributed by atoms with van der Waals surface area (Å²) in [7, 11) is 1.05. The summed E-state index contributed by atoms with van der Waals surface area (Å²) in [4.78, 5) is 12.1. The highest BCUT2D eigenvalue weighted by atomic mass is 19.4. The molecule has 0 amide bonds. The maximum Gasteiger partial charge on any atom is 0.401 e. The molecule has 0 fully saturated rings. The van der Waals surface area contributed by atoms with Crippen molar-refractivity contribution in [2.24, 2.45) is 0 Å². The van der Waals surface area contributed by atoms with E-state index in [0.29, 0.717) is 4.90 Å². The molecule has 0 spiro atoms. The molecule has 0 saturated carbocycles. The molecule has 0 aliphatic heterocycles. The highest BCUT2D eigenvalue weighted by Gasteiger charge is 2.30. The highest BCUT2D eigenvalue weighted by Crippen LogP contribution is 2.17. The van der Waals surface area contributed by atoms with Crippen LogP contribution in [0.4, 0.5) is 22.0 Å². The first kappa shape index (κ1) is 14.6. The van der Waals surface area contributed by atoms with Gasteiger partial charge in [0.2, 0.25) is 0 Å². The van der Waals surface area contributed by atoms with Crippen LogP contribution in [0.2, 0.25) is 0 Å². The molecule has 100 valence electrons. The Morgan fingerprint density at radius 2 is 1.72 bits per heavy atom. The lowest BCUT2D eigenvalue weighted by Crippen LogP contribution is -2.35. The number of benzene rings is 1. The number of halogens is 5. The van der Waals surface area contributed by atoms with Gasteiger partial charge in [-0.2, -0.15) is 13.2 Å². The third-order valence-electron chi connectivity index (χ3n) is 2.10. The second-order valence-electron chi connectivity index (χ2n) is 3.81. The molecule has 1 aromatic carbocycles. The van der Waals surface area contributed by atoms with Gasteiger partial charge in [0.15, 0.2) is 5.78 Å². The standard InChI is InChI=1S/C11H10F5NO/c1-17(6-11(14,15)16)5-9(18)10-7(12)3-2-4-8(10)13/h2-4H,5-6H2,1H3. The Morgan fingerprint density at radius 3 is 2.17 bits per heavy atom. The van der Waals surface area contributed by atoms with Crippen molar-refractivity contribution in [1.82, 2.24) is 4.90 Å². The monoisotopic (exact) mass is 267 g/mol. The van der Waals surface area contributed by atoms with Crippen LogP contribution in [0.1, 0.15) is 10.4 Å². The number of Topliss-reactive ketones (excluding diaryl/α,β-unsaturated/α-hetero) is 1. The SMILES string of the molecule is CN(CC(=O)c1c(F)cccc1F)CC(F)(F)F. The van der Waals surface area contributed by atoms with E-state index in [1.165, 1.54) is 0 Å². The van der Waals surface area contributed by atoms with Crippen LogP contribution in [-0.2, 0) is 0 Å². The van der Waals surface area contributed by atoms with Crippen molar-refractivity contribution in [3.8, 4) is 0 Å². The van der Waals surface area contributed by atoms with E-state index in [1.807, 2.05) is 0 Å². The Morgan fingerprint density at radius 1 is 1.22 bits per heavy atom. The minimum Gasteiger partial charge on any atom is -0.292 e. The molecule has 0 unspecified atom stereocenters. The third kappa shape index (κ3) is 4.06. The van der Waals surface area contributed by atoms with E-state index in [-0.39, 0.29) is 0 Å². The van der Waals surface area contributed by atoms with Crippen LogP contribution in [0.15, 0.2) is 18.2 Å². The summed E-state index contributed by atoms with van der Waals surface area (Å²) < 4.78 is 62.4. The van der Waals surface area contributed by atoms with Crippen molar-refractivity contribution in [1.29, 1.82) is 0 Å². The van der Waals surface area contributed by atoms with E-state index in [4.69, 9.17) is 0 Å². The fourth-order valence-corrected chi connectivity index (χ4v) is 1.45. The van der Waals surface area contributed by atoms with Crippen LogP contribution < -0.4 is 0 Å². The summed E-state index contributed by atoms with van der Waals surface area (Å²) in [6.45, 7) is -2.04. The minimum absolute atomic E-state index is 0.647. The van der Waals surface area contributed by atoms with Gasteiger partial charge in [0, 0.05) is 0 Å². The highest BCUT2D eigenvalue weighted by molar-refractivity contribution is 5.98. The quantitative estimate of drug-likeness (QED) is 0.617. The van der Waals surface area contributed by atoms with Crippen molar-refractivity contribution in [2.75, 3.05) is 20.1 Å². The molecule has 0 atom stereocenters. The molecule has 0 radical (unpaired) electrons. The van der Waals surface area contributed by atoms with Crippen molar-refractivity contribution in [2.45, 2.75) is 6.18 Å². The van der Waals surface area contributed by atoms with E-state index in [9.17, 15) is 26.7 Å². The molecule has 1 aromatic rings. The summed E-state index contributed by atoms with van der Waals surface area (Å²) in [6, 6.07) is 2.82. The van der Waals surface area contributed by atoms with E-state index in [1.54, 1.807) is 0 Å². The molecule has 0 heterocycles. The smallest absolute Gasteiger partial charge is 0.292 e. The Labute approximate surface area is 100 Å². The zero-order valence-corrected chi connectivity index (χ0v) is 9.39.